The molecule has 3 aromatic rings. The van der Waals surface area contributed by atoms with Crippen molar-refractivity contribution in [3.63, 3.8) is 0 Å². The van der Waals surface area contributed by atoms with Gasteiger partial charge in [-0.2, -0.15) is 13.2 Å². The van der Waals surface area contributed by atoms with Crippen molar-refractivity contribution in [2.75, 3.05) is 6.54 Å². The predicted molar refractivity (Wildman–Crippen MR) is 157 cm³/mol. The molecule has 1 aliphatic rings. The van der Waals surface area contributed by atoms with Crippen LogP contribution in [-0.4, -0.2) is 48.3 Å². The molecular formula is C33H34F3N3O5. The van der Waals surface area contributed by atoms with E-state index in [9.17, 15) is 32.3 Å². The number of hydrogen-bond acceptors (Lipinski definition) is 5. The summed E-state index contributed by atoms with van der Waals surface area (Å²) >= 11 is 0. The molecule has 0 fully saturated rings. The summed E-state index contributed by atoms with van der Waals surface area (Å²) in [6, 6.07) is 20.7. The van der Waals surface area contributed by atoms with Gasteiger partial charge in [0.1, 0.15) is 24.1 Å². The number of ether oxygens (including phenoxy) is 1. The molecular weight excluding hydrogens is 575 g/mol. The molecule has 0 spiro atoms. The summed E-state index contributed by atoms with van der Waals surface area (Å²) in [5.74, 6) is -2.53. The van der Waals surface area contributed by atoms with E-state index in [4.69, 9.17) is 4.74 Å². The van der Waals surface area contributed by atoms with Crippen LogP contribution < -0.4 is 20.7 Å². The Morgan fingerprint density at radius 1 is 0.886 bits per heavy atom. The summed E-state index contributed by atoms with van der Waals surface area (Å²) in [6.45, 7) is -0.269. The van der Waals surface area contributed by atoms with Crippen LogP contribution >= 0.6 is 0 Å². The van der Waals surface area contributed by atoms with Gasteiger partial charge in [-0.15, -0.1) is 0 Å². The number of carbonyl (C=O) groups excluding carboxylic acids is 4. The molecule has 232 valence electrons. The van der Waals surface area contributed by atoms with E-state index in [-0.39, 0.29) is 25.7 Å². The van der Waals surface area contributed by atoms with Gasteiger partial charge >= 0.3 is 6.18 Å². The summed E-state index contributed by atoms with van der Waals surface area (Å²) in [5, 5.41) is 7.16. The van der Waals surface area contributed by atoms with Gasteiger partial charge in [-0.05, 0) is 60.2 Å². The monoisotopic (exact) mass is 609 g/mol. The van der Waals surface area contributed by atoms with Crippen molar-refractivity contribution in [3.05, 3.63) is 95.6 Å². The average molecular weight is 610 g/mol. The quantitative estimate of drug-likeness (QED) is 0.382. The molecule has 3 aromatic carbocycles. The zero-order valence-electron chi connectivity index (χ0n) is 24.2. The highest BCUT2D eigenvalue weighted by Gasteiger charge is 2.33. The Labute approximate surface area is 253 Å². The highest BCUT2D eigenvalue weighted by Crippen LogP contribution is 2.26. The SMILES string of the molecule is CC(=O)N[C@H]1Cc2cccc(c2)Oc2cccc(c2)C[C@@H](C(=O)NCC(F)(F)F)NC(=O)[C@H](CCc2ccccc2)CC1=O. The second-order valence-electron chi connectivity index (χ2n) is 10.8. The van der Waals surface area contributed by atoms with Crippen molar-refractivity contribution in [2.45, 2.75) is 57.3 Å². The third-order valence-corrected chi connectivity index (χ3v) is 7.22. The first-order valence-electron chi connectivity index (χ1n) is 14.3. The normalized spacial score (nSPS) is 19.3. The number of aryl methyl sites for hydroxylation is 1. The Balaban J connectivity index is 1.71. The number of nitrogens with one attached hydrogen (secondary N) is 3. The first-order valence-corrected chi connectivity index (χ1v) is 14.3. The molecule has 8 nitrogen and oxygen atoms in total. The topological polar surface area (TPSA) is 114 Å². The van der Waals surface area contributed by atoms with Crippen molar-refractivity contribution in [3.8, 4) is 11.5 Å². The molecule has 3 atom stereocenters. The van der Waals surface area contributed by atoms with Crippen molar-refractivity contribution in [2.24, 2.45) is 5.92 Å². The van der Waals surface area contributed by atoms with Gasteiger partial charge < -0.3 is 20.7 Å². The van der Waals surface area contributed by atoms with Crippen LogP contribution in [0.4, 0.5) is 13.2 Å². The molecule has 0 saturated heterocycles. The van der Waals surface area contributed by atoms with Crippen LogP contribution in [-0.2, 0) is 38.4 Å². The second kappa shape index (κ2) is 14.7. The number of alkyl halides is 3. The van der Waals surface area contributed by atoms with E-state index in [1.165, 1.54) is 6.92 Å². The van der Waals surface area contributed by atoms with Crippen LogP contribution in [0.3, 0.4) is 0 Å². The maximum Gasteiger partial charge on any atom is 0.405 e. The van der Waals surface area contributed by atoms with Crippen LogP contribution in [0.1, 0.15) is 36.5 Å². The van der Waals surface area contributed by atoms with E-state index in [0.29, 0.717) is 23.5 Å². The lowest BCUT2D eigenvalue weighted by Gasteiger charge is -2.25. The van der Waals surface area contributed by atoms with E-state index in [2.05, 4.69) is 10.6 Å². The molecule has 4 rings (SSSR count). The zero-order chi connectivity index (χ0) is 31.7. The van der Waals surface area contributed by atoms with E-state index in [1.54, 1.807) is 48.5 Å². The highest BCUT2D eigenvalue weighted by atomic mass is 19.4. The summed E-state index contributed by atoms with van der Waals surface area (Å²) in [6.07, 6.45) is -4.23. The number of rotatable bonds is 6. The number of ketones is 1. The minimum Gasteiger partial charge on any atom is -0.457 e. The number of Topliss-reactive ketones (excluding diaryl/α,β-unsaturated/α-hetero) is 1. The molecule has 11 heteroatoms. The lowest BCUT2D eigenvalue weighted by Crippen LogP contribution is -2.51. The number of halogens is 3. The maximum absolute atomic E-state index is 13.7. The Bertz CT molecular complexity index is 1480. The molecule has 0 unspecified atom stereocenters. The molecule has 1 heterocycles. The minimum absolute atomic E-state index is 0.124. The van der Waals surface area contributed by atoms with Crippen LogP contribution in [0.25, 0.3) is 0 Å². The van der Waals surface area contributed by atoms with E-state index >= 15 is 0 Å². The van der Waals surface area contributed by atoms with Gasteiger partial charge in [-0.1, -0.05) is 54.6 Å². The molecule has 1 aliphatic heterocycles. The number of hydrogen-bond donors (Lipinski definition) is 3. The van der Waals surface area contributed by atoms with Gasteiger partial charge in [0.25, 0.3) is 0 Å². The zero-order valence-corrected chi connectivity index (χ0v) is 24.2. The Kier molecular flexibility index (Phi) is 10.8. The first kappa shape index (κ1) is 32.2. The van der Waals surface area contributed by atoms with Gasteiger partial charge in [0, 0.05) is 25.7 Å². The molecule has 0 aromatic heterocycles. The van der Waals surface area contributed by atoms with Crippen LogP contribution in [0.15, 0.2) is 78.9 Å². The summed E-state index contributed by atoms with van der Waals surface area (Å²) in [5.41, 5.74) is 2.19. The Hall–Kier alpha value is -4.67. The van der Waals surface area contributed by atoms with Crippen LogP contribution in [0, 0.1) is 5.92 Å². The lowest BCUT2D eigenvalue weighted by molar-refractivity contribution is -0.141. The molecule has 0 saturated carbocycles. The van der Waals surface area contributed by atoms with Crippen LogP contribution in [0.5, 0.6) is 11.5 Å². The van der Waals surface area contributed by atoms with Crippen molar-refractivity contribution >= 4 is 23.5 Å². The fourth-order valence-electron chi connectivity index (χ4n) is 5.08. The molecule has 0 aliphatic carbocycles. The smallest absolute Gasteiger partial charge is 0.405 e. The third kappa shape index (κ3) is 9.96. The van der Waals surface area contributed by atoms with Crippen LogP contribution in [0.2, 0.25) is 0 Å². The van der Waals surface area contributed by atoms with Gasteiger partial charge in [0.05, 0.1) is 6.04 Å². The van der Waals surface area contributed by atoms with Gasteiger partial charge in [-0.3, -0.25) is 19.2 Å². The Morgan fingerprint density at radius 3 is 2.14 bits per heavy atom. The van der Waals surface area contributed by atoms with E-state index in [0.717, 1.165) is 11.1 Å². The average Bonchev–Trinajstić information content (AvgIpc) is 2.97. The van der Waals surface area contributed by atoms with Crippen molar-refractivity contribution in [1.29, 1.82) is 0 Å². The predicted octanol–water partition coefficient (Wildman–Crippen LogP) is 4.45. The third-order valence-electron chi connectivity index (χ3n) is 7.22. The molecule has 44 heavy (non-hydrogen) atoms. The minimum atomic E-state index is -4.65. The molecule has 0 radical (unpaired) electrons. The first-order chi connectivity index (χ1) is 20.9. The summed E-state index contributed by atoms with van der Waals surface area (Å²) in [7, 11) is 0. The summed E-state index contributed by atoms with van der Waals surface area (Å²) < 4.78 is 44.8. The Morgan fingerprint density at radius 2 is 1.52 bits per heavy atom. The fourth-order valence-corrected chi connectivity index (χ4v) is 5.08. The van der Waals surface area contributed by atoms with Gasteiger partial charge in [0.15, 0.2) is 5.78 Å². The fraction of sp³-hybridized carbons (Fsp3) is 0.333. The van der Waals surface area contributed by atoms with Crippen molar-refractivity contribution in [1.82, 2.24) is 16.0 Å². The van der Waals surface area contributed by atoms with Gasteiger partial charge in [-0.25, -0.2) is 0 Å². The highest BCUT2D eigenvalue weighted by molar-refractivity contribution is 5.94. The maximum atomic E-state index is 13.7. The second-order valence-corrected chi connectivity index (χ2v) is 10.8. The number of benzene rings is 3. The van der Waals surface area contributed by atoms with E-state index < -0.39 is 54.2 Å². The number of amides is 3. The van der Waals surface area contributed by atoms with Gasteiger partial charge in [0.2, 0.25) is 17.7 Å². The number of fused-ring (bicyclic) bond motifs is 4. The largest absolute Gasteiger partial charge is 0.457 e. The number of carbonyl (C=O) groups is 4. The summed E-state index contributed by atoms with van der Waals surface area (Å²) in [4.78, 5) is 52.4. The molecule has 3 N–H and O–H groups in total. The molecule has 4 bridgehead atoms. The van der Waals surface area contributed by atoms with Crippen molar-refractivity contribution < 1.29 is 37.1 Å². The lowest BCUT2D eigenvalue weighted by atomic mass is 9.89. The van der Waals surface area contributed by atoms with E-state index in [1.807, 2.05) is 35.6 Å². The standard InChI is InChI=1S/C33H34F3N3O5/c1-21(40)38-28-17-23-9-5-11-26(15-23)44-27-12-6-10-24(16-27)18-29(32(43)37-20-33(34,35)36)39-31(42)25(19-30(28)41)14-13-22-7-3-2-4-8-22/h2-12,15-16,25,28-29H,13-14,17-20H2,1H3,(H,37,43)(H,38,40)(H,39,42)/t25-,28+,29+/m1/s1. The molecule has 3 amide bonds.